The fourth-order valence-electron chi connectivity index (χ4n) is 4.39. The Bertz CT molecular complexity index is 571. The van der Waals surface area contributed by atoms with Crippen molar-refractivity contribution in [2.24, 2.45) is 17.8 Å². The quantitative estimate of drug-likeness (QED) is 0.678. The van der Waals surface area contributed by atoms with Crippen molar-refractivity contribution < 1.29 is 9.53 Å². The van der Waals surface area contributed by atoms with Gasteiger partial charge in [-0.05, 0) is 56.8 Å². The Labute approximate surface area is 152 Å². The Morgan fingerprint density at radius 1 is 1.28 bits per heavy atom. The standard InChI is InChI=1S/C11H16N2O2.C10H18/c1-5-15-11(14)9-6-12-8(4)13-10(9)7(2)3;1-2-3-9-6-8-4-5-10(9)7-8/h6-7H,5H2,1-4H3;8-10H,2-7H2,1H3/t;8?,9-,10?/m.1/s1. The van der Waals surface area contributed by atoms with Gasteiger partial charge in [0.1, 0.15) is 5.82 Å². The fourth-order valence-corrected chi connectivity index (χ4v) is 4.39. The van der Waals surface area contributed by atoms with E-state index in [-0.39, 0.29) is 11.9 Å². The van der Waals surface area contributed by atoms with Gasteiger partial charge in [-0.3, -0.25) is 0 Å². The van der Waals surface area contributed by atoms with E-state index in [0.717, 1.165) is 23.4 Å². The number of ether oxygens (including phenoxy) is 1. The van der Waals surface area contributed by atoms with Crippen LogP contribution in [0.3, 0.4) is 0 Å². The summed E-state index contributed by atoms with van der Waals surface area (Å²) in [6.07, 6.45) is 10.8. The summed E-state index contributed by atoms with van der Waals surface area (Å²) in [5.41, 5.74) is 1.22. The topological polar surface area (TPSA) is 52.1 Å². The number of aromatic nitrogens is 2. The van der Waals surface area contributed by atoms with E-state index in [4.69, 9.17) is 4.74 Å². The molecule has 2 saturated carbocycles. The van der Waals surface area contributed by atoms with Crippen molar-refractivity contribution >= 4 is 5.97 Å². The Morgan fingerprint density at radius 3 is 2.56 bits per heavy atom. The van der Waals surface area contributed by atoms with Gasteiger partial charge in [-0.25, -0.2) is 14.8 Å². The molecule has 2 unspecified atom stereocenters. The molecule has 3 atom stereocenters. The minimum Gasteiger partial charge on any atom is -0.462 e. The van der Waals surface area contributed by atoms with E-state index in [9.17, 15) is 4.79 Å². The third-order valence-corrected chi connectivity index (χ3v) is 5.52. The van der Waals surface area contributed by atoms with E-state index < -0.39 is 0 Å². The minimum absolute atomic E-state index is 0.186. The second-order valence-electron chi connectivity index (χ2n) is 7.81. The second kappa shape index (κ2) is 9.30. The Kier molecular flexibility index (Phi) is 7.39. The molecule has 25 heavy (non-hydrogen) atoms. The van der Waals surface area contributed by atoms with Gasteiger partial charge in [-0.1, -0.05) is 40.0 Å². The first kappa shape index (κ1) is 19.9. The molecule has 0 aliphatic heterocycles. The van der Waals surface area contributed by atoms with Crippen LogP contribution in [-0.2, 0) is 4.74 Å². The van der Waals surface area contributed by atoms with Crippen molar-refractivity contribution in [2.45, 2.75) is 79.1 Å². The molecule has 0 spiro atoms. The van der Waals surface area contributed by atoms with Gasteiger partial charge in [0, 0.05) is 6.20 Å². The lowest BCUT2D eigenvalue weighted by molar-refractivity contribution is 0.0523. The molecule has 0 radical (unpaired) electrons. The Hall–Kier alpha value is -1.45. The highest BCUT2D eigenvalue weighted by atomic mass is 16.5. The highest BCUT2D eigenvalue weighted by Gasteiger charge is 2.38. The SMILES string of the molecule is CCC[C@@H]1CC2CCC1C2.CCOC(=O)c1cnc(C)nc1C(C)C. The lowest BCUT2D eigenvalue weighted by Crippen LogP contribution is -2.12. The number of hydrogen-bond donors (Lipinski definition) is 0. The number of carbonyl (C=O) groups is 1. The van der Waals surface area contributed by atoms with Gasteiger partial charge in [0.2, 0.25) is 0 Å². The molecule has 2 fully saturated rings. The van der Waals surface area contributed by atoms with Crippen LogP contribution in [0.25, 0.3) is 0 Å². The zero-order chi connectivity index (χ0) is 18.4. The first-order chi connectivity index (χ1) is 12.0. The molecule has 2 aliphatic carbocycles. The van der Waals surface area contributed by atoms with Crippen molar-refractivity contribution in [2.75, 3.05) is 6.61 Å². The van der Waals surface area contributed by atoms with Crippen LogP contribution < -0.4 is 0 Å². The number of fused-ring (bicyclic) bond motifs is 2. The Balaban J connectivity index is 0.000000194. The molecule has 0 saturated heterocycles. The molecule has 3 rings (SSSR count). The van der Waals surface area contributed by atoms with Gasteiger partial charge < -0.3 is 4.74 Å². The van der Waals surface area contributed by atoms with Gasteiger partial charge in [0.25, 0.3) is 0 Å². The zero-order valence-corrected chi connectivity index (χ0v) is 16.5. The van der Waals surface area contributed by atoms with Crippen molar-refractivity contribution in [1.82, 2.24) is 9.97 Å². The number of hydrogen-bond acceptors (Lipinski definition) is 4. The average Bonchev–Trinajstić information content (AvgIpc) is 3.19. The molecule has 4 nitrogen and oxygen atoms in total. The molecule has 0 N–H and O–H groups in total. The van der Waals surface area contributed by atoms with E-state index >= 15 is 0 Å². The third kappa shape index (κ3) is 5.26. The van der Waals surface area contributed by atoms with Crippen molar-refractivity contribution in [3.05, 3.63) is 23.3 Å². The van der Waals surface area contributed by atoms with Crippen molar-refractivity contribution in [1.29, 1.82) is 0 Å². The molecule has 0 aromatic carbocycles. The molecule has 1 heterocycles. The number of nitrogens with zero attached hydrogens (tertiary/aromatic N) is 2. The van der Waals surface area contributed by atoms with Gasteiger partial charge in [-0.15, -0.1) is 0 Å². The third-order valence-electron chi connectivity index (χ3n) is 5.52. The summed E-state index contributed by atoms with van der Waals surface area (Å²) in [5, 5.41) is 0. The van der Waals surface area contributed by atoms with Crippen LogP contribution in [0.15, 0.2) is 6.20 Å². The number of carbonyl (C=O) groups excluding carboxylic acids is 1. The van der Waals surface area contributed by atoms with Gasteiger partial charge >= 0.3 is 5.97 Å². The molecule has 1 aromatic rings. The maximum atomic E-state index is 11.6. The van der Waals surface area contributed by atoms with E-state index in [2.05, 4.69) is 16.9 Å². The van der Waals surface area contributed by atoms with Crippen LogP contribution in [0, 0.1) is 24.7 Å². The smallest absolute Gasteiger partial charge is 0.341 e. The van der Waals surface area contributed by atoms with Gasteiger partial charge in [0.05, 0.1) is 17.9 Å². The first-order valence-corrected chi connectivity index (χ1v) is 9.96. The van der Waals surface area contributed by atoms with E-state index in [1.54, 1.807) is 39.5 Å². The highest BCUT2D eigenvalue weighted by molar-refractivity contribution is 5.90. The molecule has 140 valence electrons. The predicted molar refractivity (Wildman–Crippen MR) is 101 cm³/mol. The lowest BCUT2D eigenvalue weighted by Gasteiger charge is -2.20. The average molecular weight is 347 g/mol. The lowest BCUT2D eigenvalue weighted by atomic mass is 9.86. The summed E-state index contributed by atoms with van der Waals surface area (Å²) >= 11 is 0. The van der Waals surface area contributed by atoms with Crippen LogP contribution in [0.4, 0.5) is 0 Å². The summed E-state index contributed by atoms with van der Waals surface area (Å²) < 4.78 is 4.94. The zero-order valence-electron chi connectivity index (χ0n) is 16.5. The first-order valence-electron chi connectivity index (χ1n) is 9.96. The summed E-state index contributed by atoms with van der Waals surface area (Å²) in [5.74, 6) is 3.97. The van der Waals surface area contributed by atoms with Crippen molar-refractivity contribution in [3.63, 3.8) is 0 Å². The van der Waals surface area contributed by atoms with E-state index in [1.165, 1.54) is 19.0 Å². The number of esters is 1. The van der Waals surface area contributed by atoms with E-state index in [0.29, 0.717) is 18.0 Å². The van der Waals surface area contributed by atoms with Crippen LogP contribution in [0.1, 0.15) is 94.0 Å². The van der Waals surface area contributed by atoms with Crippen LogP contribution in [-0.4, -0.2) is 22.5 Å². The monoisotopic (exact) mass is 346 g/mol. The number of rotatable bonds is 5. The normalized spacial score (nSPS) is 24.2. The maximum absolute atomic E-state index is 11.6. The maximum Gasteiger partial charge on any atom is 0.341 e. The van der Waals surface area contributed by atoms with Crippen LogP contribution in [0.5, 0.6) is 0 Å². The largest absolute Gasteiger partial charge is 0.462 e. The summed E-state index contributed by atoms with van der Waals surface area (Å²) in [7, 11) is 0. The summed E-state index contributed by atoms with van der Waals surface area (Å²) in [4.78, 5) is 19.9. The van der Waals surface area contributed by atoms with E-state index in [1.807, 2.05) is 13.8 Å². The number of aryl methyl sites for hydroxylation is 1. The molecule has 0 amide bonds. The molecule has 4 heteroatoms. The molecule has 1 aromatic heterocycles. The van der Waals surface area contributed by atoms with Crippen molar-refractivity contribution in [3.8, 4) is 0 Å². The predicted octanol–water partition coefficient (Wildman–Crippen LogP) is 5.31. The van der Waals surface area contributed by atoms with Gasteiger partial charge in [-0.2, -0.15) is 0 Å². The summed E-state index contributed by atoms with van der Waals surface area (Å²) in [6, 6.07) is 0. The molecule has 2 bridgehead atoms. The highest BCUT2D eigenvalue weighted by Crippen LogP contribution is 2.49. The summed E-state index contributed by atoms with van der Waals surface area (Å²) in [6.45, 7) is 10.3. The van der Waals surface area contributed by atoms with Crippen LogP contribution in [0.2, 0.25) is 0 Å². The molecule has 2 aliphatic rings. The minimum atomic E-state index is -0.346. The van der Waals surface area contributed by atoms with Crippen LogP contribution >= 0.6 is 0 Å². The second-order valence-corrected chi connectivity index (χ2v) is 7.81. The molecular weight excluding hydrogens is 312 g/mol. The molecular formula is C21H34N2O2. The van der Waals surface area contributed by atoms with Gasteiger partial charge in [0.15, 0.2) is 0 Å². The fraction of sp³-hybridized carbons (Fsp3) is 0.762. The Morgan fingerprint density at radius 2 is 2.04 bits per heavy atom.